The van der Waals surface area contributed by atoms with Crippen molar-refractivity contribution >= 4 is 6.03 Å². The van der Waals surface area contributed by atoms with Crippen molar-refractivity contribution in [3.63, 3.8) is 0 Å². The standard InChI is InChI=1S/C18H30N2O2/c21-17(20-12-14-5-4-6-15(14)13-20)19-16-7-10-22-18(11-16)8-2-1-3-9-18/h14-16H,1-13H2,(H,19,21)/t14-,15+,16-/m0/s1. The molecule has 1 N–H and O–H groups in total. The number of nitrogens with one attached hydrogen (secondary N) is 1. The van der Waals surface area contributed by atoms with Crippen molar-refractivity contribution in [2.75, 3.05) is 19.7 Å². The molecule has 2 aliphatic carbocycles. The first kappa shape index (κ1) is 14.8. The van der Waals surface area contributed by atoms with E-state index in [4.69, 9.17) is 4.74 Å². The van der Waals surface area contributed by atoms with Crippen LogP contribution in [0.4, 0.5) is 4.79 Å². The quantitative estimate of drug-likeness (QED) is 0.807. The molecule has 4 heteroatoms. The van der Waals surface area contributed by atoms with E-state index >= 15 is 0 Å². The van der Waals surface area contributed by atoms with Gasteiger partial charge in [-0.1, -0.05) is 25.7 Å². The second-order valence-electron chi connectivity index (χ2n) is 8.09. The van der Waals surface area contributed by atoms with E-state index in [-0.39, 0.29) is 11.6 Å². The maximum atomic E-state index is 12.6. The Morgan fingerprint density at radius 1 is 1.00 bits per heavy atom. The summed E-state index contributed by atoms with van der Waals surface area (Å²) in [6, 6.07) is 0.507. The van der Waals surface area contributed by atoms with Gasteiger partial charge in [0.05, 0.1) is 5.60 Å². The molecule has 0 aromatic carbocycles. The summed E-state index contributed by atoms with van der Waals surface area (Å²) in [4.78, 5) is 14.7. The number of ether oxygens (including phenoxy) is 1. The number of hydrogen-bond acceptors (Lipinski definition) is 2. The van der Waals surface area contributed by atoms with Gasteiger partial charge in [-0.25, -0.2) is 4.79 Å². The molecule has 3 atom stereocenters. The summed E-state index contributed by atoms with van der Waals surface area (Å²) in [6.45, 7) is 2.80. The van der Waals surface area contributed by atoms with Crippen molar-refractivity contribution in [2.24, 2.45) is 11.8 Å². The van der Waals surface area contributed by atoms with Gasteiger partial charge in [0.2, 0.25) is 0 Å². The zero-order chi connectivity index (χ0) is 15.0. The molecule has 22 heavy (non-hydrogen) atoms. The van der Waals surface area contributed by atoms with Crippen LogP contribution in [0.25, 0.3) is 0 Å². The number of nitrogens with zero attached hydrogens (tertiary/aromatic N) is 1. The SMILES string of the molecule is O=C(N[C@H]1CCOC2(CCCCC2)C1)N1C[C@H]2CCC[C@H]2C1. The van der Waals surface area contributed by atoms with Crippen LogP contribution >= 0.6 is 0 Å². The van der Waals surface area contributed by atoms with Gasteiger partial charge in [-0.2, -0.15) is 0 Å². The number of rotatable bonds is 1. The van der Waals surface area contributed by atoms with Gasteiger partial charge < -0.3 is 15.0 Å². The lowest BCUT2D eigenvalue weighted by molar-refractivity contribution is -0.108. The third kappa shape index (κ3) is 2.86. The maximum Gasteiger partial charge on any atom is 0.317 e. The Kier molecular flexibility index (Phi) is 4.05. The molecule has 4 rings (SSSR count). The normalized spacial score (nSPS) is 37.3. The van der Waals surface area contributed by atoms with Crippen molar-refractivity contribution in [3.8, 4) is 0 Å². The van der Waals surface area contributed by atoms with E-state index < -0.39 is 0 Å². The lowest BCUT2D eigenvalue weighted by Gasteiger charge is -2.43. The van der Waals surface area contributed by atoms with Gasteiger partial charge in [0.25, 0.3) is 0 Å². The molecule has 2 heterocycles. The van der Waals surface area contributed by atoms with E-state index in [1.807, 2.05) is 0 Å². The number of hydrogen-bond donors (Lipinski definition) is 1. The second-order valence-corrected chi connectivity index (χ2v) is 8.09. The first-order chi connectivity index (χ1) is 10.7. The van der Waals surface area contributed by atoms with Crippen molar-refractivity contribution in [3.05, 3.63) is 0 Å². The van der Waals surface area contributed by atoms with Gasteiger partial charge >= 0.3 is 6.03 Å². The largest absolute Gasteiger partial charge is 0.375 e. The van der Waals surface area contributed by atoms with Crippen LogP contribution in [-0.2, 0) is 4.74 Å². The third-order valence-electron chi connectivity index (χ3n) is 6.60. The average Bonchev–Trinajstić information content (AvgIpc) is 3.09. The van der Waals surface area contributed by atoms with Gasteiger partial charge in [-0.3, -0.25) is 0 Å². The van der Waals surface area contributed by atoms with Crippen molar-refractivity contribution < 1.29 is 9.53 Å². The Morgan fingerprint density at radius 3 is 2.45 bits per heavy atom. The summed E-state index contributed by atoms with van der Waals surface area (Å²) in [7, 11) is 0. The van der Waals surface area contributed by atoms with Crippen molar-refractivity contribution in [1.82, 2.24) is 10.2 Å². The highest BCUT2D eigenvalue weighted by molar-refractivity contribution is 5.75. The first-order valence-corrected chi connectivity index (χ1v) is 9.44. The van der Waals surface area contributed by atoms with Crippen LogP contribution in [0.15, 0.2) is 0 Å². The highest BCUT2D eigenvalue weighted by Gasteiger charge is 2.41. The lowest BCUT2D eigenvalue weighted by atomic mass is 9.78. The van der Waals surface area contributed by atoms with Crippen LogP contribution in [0.3, 0.4) is 0 Å². The minimum Gasteiger partial charge on any atom is -0.375 e. The van der Waals surface area contributed by atoms with E-state index in [0.717, 1.165) is 44.4 Å². The summed E-state index contributed by atoms with van der Waals surface area (Å²) < 4.78 is 6.14. The van der Waals surface area contributed by atoms with Gasteiger partial charge in [0.1, 0.15) is 0 Å². The number of amides is 2. The average molecular weight is 306 g/mol. The molecule has 124 valence electrons. The topological polar surface area (TPSA) is 41.6 Å². The monoisotopic (exact) mass is 306 g/mol. The number of urea groups is 1. The maximum absolute atomic E-state index is 12.6. The molecule has 4 fully saturated rings. The van der Waals surface area contributed by atoms with Gasteiger partial charge in [0.15, 0.2) is 0 Å². The molecule has 0 unspecified atom stereocenters. The van der Waals surface area contributed by atoms with Crippen LogP contribution in [0.1, 0.15) is 64.2 Å². The molecule has 2 amide bonds. The molecule has 0 bridgehead atoms. The van der Waals surface area contributed by atoms with Gasteiger partial charge in [-0.15, -0.1) is 0 Å². The molecule has 4 nitrogen and oxygen atoms in total. The summed E-state index contributed by atoms with van der Waals surface area (Å²) in [6.07, 6.45) is 12.3. The van der Waals surface area contributed by atoms with Crippen LogP contribution in [0, 0.1) is 11.8 Å². The number of carbonyl (C=O) groups excluding carboxylic acids is 1. The summed E-state index contributed by atoms with van der Waals surface area (Å²) in [5.41, 5.74) is 0.0793. The van der Waals surface area contributed by atoms with Crippen molar-refractivity contribution in [2.45, 2.75) is 75.9 Å². The van der Waals surface area contributed by atoms with Crippen LogP contribution < -0.4 is 5.32 Å². The minimum absolute atomic E-state index is 0.0793. The zero-order valence-electron chi connectivity index (χ0n) is 13.7. The molecule has 1 spiro atoms. The van der Waals surface area contributed by atoms with Crippen LogP contribution in [-0.4, -0.2) is 42.3 Å². The molecular weight excluding hydrogens is 276 g/mol. The molecule has 4 aliphatic rings. The van der Waals surface area contributed by atoms with Crippen LogP contribution in [0.2, 0.25) is 0 Å². The Labute approximate surface area is 134 Å². The fourth-order valence-corrected chi connectivity index (χ4v) is 5.36. The van der Waals surface area contributed by atoms with Gasteiger partial charge in [-0.05, 0) is 50.4 Å². The minimum atomic E-state index is 0.0793. The molecule has 0 radical (unpaired) electrons. The molecule has 0 aromatic heterocycles. The summed E-state index contributed by atoms with van der Waals surface area (Å²) in [5.74, 6) is 1.57. The summed E-state index contributed by atoms with van der Waals surface area (Å²) in [5, 5.41) is 3.33. The molecule has 0 aromatic rings. The van der Waals surface area contributed by atoms with E-state index in [0.29, 0.717) is 6.04 Å². The fraction of sp³-hybridized carbons (Fsp3) is 0.944. The highest BCUT2D eigenvalue weighted by atomic mass is 16.5. The van der Waals surface area contributed by atoms with Crippen molar-refractivity contribution in [1.29, 1.82) is 0 Å². The van der Waals surface area contributed by atoms with E-state index in [1.165, 1.54) is 51.4 Å². The van der Waals surface area contributed by atoms with Crippen LogP contribution in [0.5, 0.6) is 0 Å². The summed E-state index contributed by atoms with van der Waals surface area (Å²) >= 11 is 0. The Balaban J connectivity index is 1.32. The number of fused-ring (bicyclic) bond motifs is 1. The Morgan fingerprint density at radius 2 is 1.73 bits per heavy atom. The lowest BCUT2D eigenvalue weighted by Crippen LogP contribution is -2.52. The third-order valence-corrected chi connectivity index (χ3v) is 6.60. The first-order valence-electron chi connectivity index (χ1n) is 9.44. The smallest absolute Gasteiger partial charge is 0.317 e. The molecule has 2 saturated carbocycles. The predicted molar refractivity (Wildman–Crippen MR) is 85.7 cm³/mol. The molecule has 2 aliphatic heterocycles. The van der Waals surface area contributed by atoms with Gasteiger partial charge in [0, 0.05) is 25.7 Å². The molecule has 2 saturated heterocycles. The van der Waals surface area contributed by atoms with E-state index in [9.17, 15) is 4.79 Å². The number of carbonyl (C=O) groups is 1. The van der Waals surface area contributed by atoms with E-state index in [1.54, 1.807) is 0 Å². The highest BCUT2D eigenvalue weighted by Crippen LogP contribution is 2.39. The second kappa shape index (κ2) is 6.03. The fourth-order valence-electron chi connectivity index (χ4n) is 5.36. The zero-order valence-corrected chi connectivity index (χ0v) is 13.7. The number of likely N-dealkylation sites (tertiary alicyclic amines) is 1. The Bertz CT molecular complexity index is 402. The van der Waals surface area contributed by atoms with E-state index in [2.05, 4.69) is 10.2 Å². The predicted octanol–water partition coefficient (Wildman–Crippen LogP) is 3.31. The Hall–Kier alpha value is -0.770. The molecular formula is C18H30N2O2.